The highest BCUT2D eigenvalue weighted by atomic mass is 16.6. The quantitative estimate of drug-likeness (QED) is 0.780. The smallest absolute Gasteiger partial charge is 0.413 e. The van der Waals surface area contributed by atoms with E-state index in [1.807, 2.05) is 20.8 Å². The Bertz CT molecular complexity index is 498. The number of carbonyl (C=O) groups excluding carboxylic acids is 1. The van der Waals surface area contributed by atoms with Gasteiger partial charge in [-0.15, -0.1) is 0 Å². The molecule has 0 aliphatic heterocycles. The van der Waals surface area contributed by atoms with E-state index < -0.39 is 11.7 Å². The second-order valence-electron chi connectivity index (χ2n) is 7.45. The molecule has 2 rings (SSSR count). The van der Waals surface area contributed by atoms with Crippen molar-refractivity contribution in [1.82, 2.24) is 15.5 Å². The van der Waals surface area contributed by atoms with Crippen molar-refractivity contribution < 1.29 is 9.53 Å². The Morgan fingerprint density at radius 1 is 1.45 bits per heavy atom. The first-order valence-electron chi connectivity index (χ1n) is 8.00. The first kappa shape index (κ1) is 16.8. The summed E-state index contributed by atoms with van der Waals surface area (Å²) in [5.41, 5.74) is 0.430. The Labute approximate surface area is 132 Å². The van der Waals surface area contributed by atoms with Crippen LogP contribution in [0.5, 0.6) is 0 Å². The van der Waals surface area contributed by atoms with Crippen molar-refractivity contribution in [1.29, 1.82) is 0 Å². The van der Waals surface area contributed by atoms with Crippen LogP contribution >= 0.6 is 0 Å². The van der Waals surface area contributed by atoms with E-state index in [-0.39, 0.29) is 0 Å². The number of nitrogens with zero attached hydrogens (tertiary/aromatic N) is 1. The number of hydrogen-bond donors (Lipinski definition) is 3. The molecule has 0 spiro atoms. The van der Waals surface area contributed by atoms with Crippen LogP contribution in [-0.2, 0) is 11.3 Å². The molecular weight excluding hydrogens is 280 g/mol. The molecule has 0 bridgehead atoms. The van der Waals surface area contributed by atoms with Crippen LogP contribution in [0.1, 0.15) is 53.0 Å². The molecular formula is C16H28N4O2. The molecule has 1 saturated carbocycles. The summed E-state index contributed by atoms with van der Waals surface area (Å²) < 4.78 is 5.25. The molecule has 1 aliphatic rings. The minimum Gasteiger partial charge on any atom is -0.444 e. The van der Waals surface area contributed by atoms with Crippen LogP contribution in [0.15, 0.2) is 6.20 Å². The summed E-state index contributed by atoms with van der Waals surface area (Å²) in [6.07, 6.45) is 3.72. The fraction of sp³-hybridized carbons (Fsp3) is 0.750. The van der Waals surface area contributed by atoms with E-state index in [2.05, 4.69) is 34.7 Å². The number of hydrogen-bond acceptors (Lipinski definition) is 4. The third-order valence-corrected chi connectivity index (χ3v) is 4.04. The summed E-state index contributed by atoms with van der Waals surface area (Å²) >= 11 is 0. The highest BCUT2D eigenvalue weighted by Crippen LogP contribution is 2.33. The average molecular weight is 308 g/mol. The lowest BCUT2D eigenvalue weighted by Gasteiger charge is -2.38. The van der Waals surface area contributed by atoms with Crippen molar-refractivity contribution in [3.8, 4) is 0 Å². The Hall–Kier alpha value is -1.56. The predicted molar refractivity (Wildman–Crippen MR) is 86.6 cm³/mol. The van der Waals surface area contributed by atoms with E-state index in [1.54, 1.807) is 6.20 Å². The standard InChI is InChI=1S/C16H28N4O2/c1-10(2)11-6-13(7-11)17-8-12-9-18-20-14(12)19-15(21)22-16(3,4)5/h9-11,13,17H,6-8H2,1-5H3,(H2,18,19,20,21). The number of carbonyl (C=O) groups is 1. The Kier molecular flexibility index (Phi) is 5.11. The summed E-state index contributed by atoms with van der Waals surface area (Å²) in [5, 5.41) is 13.0. The second-order valence-corrected chi connectivity index (χ2v) is 7.45. The van der Waals surface area contributed by atoms with Gasteiger partial charge in [0.05, 0.1) is 6.20 Å². The van der Waals surface area contributed by atoms with Gasteiger partial charge in [0.25, 0.3) is 0 Å². The molecule has 3 N–H and O–H groups in total. The Morgan fingerprint density at radius 2 is 2.14 bits per heavy atom. The van der Waals surface area contributed by atoms with Crippen LogP contribution in [0.25, 0.3) is 0 Å². The van der Waals surface area contributed by atoms with Gasteiger partial charge in [-0.05, 0) is 45.4 Å². The van der Waals surface area contributed by atoms with Crippen molar-refractivity contribution in [3.05, 3.63) is 11.8 Å². The highest BCUT2D eigenvalue weighted by molar-refractivity contribution is 5.84. The highest BCUT2D eigenvalue weighted by Gasteiger charge is 2.30. The molecule has 1 aliphatic carbocycles. The summed E-state index contributed by atoms with van der Waals surface area (Å²) in [4.78, 5) is 11.8. The van der Waals surface area contributed by atoms with Gasteiger partial charge in [0, 0.05) is 18.2 Å². The monoisotopic (exact) mass is 308 g/mol. The minimum absolute atomic E-state index is 0.471. The van der Waals surface area contributed by atoms with Crippen molar-refractivity contribution >= 4 is 11.9 Å². The first-order valence-corrected chi connectivity index (χ1v) is 8.00. The van der Waals surface area contributed by atoms with Crippen LogP contribution < -0.4 is 10.6 Å². The van der Waals surface area contributed by atoms with E-state index in [9.17, 15) is 4.79 Å². The van der Waals surface area contributed by atoms with Crippen LogP contribution in [0.3, 0.4) is 0 Å². The number of nitrogens with one attached hydrogen (secondary N) is 3. The number of ether oxygens (including phenoxy) is 1. The summed E-state index contributed by atoms with van der Waals surface area (Å²) in [6, 6.07) is 0.566. The van der Waals surface area contributed by atoms with Gasteiger partial charge in [-0.3, -0.25) is 10.4 Å². The predicted octanol–water partition coefficient (Wildman–Crippen LogP) is 3.28. The van der Waals surface area contributed by atoms with E-state index >= 15 is 0 Å². The lowest BCUT2D eigenvalue weighted by molar-refractivity contribution is 0.0635. The van der Waals surface area contributed by atoms with Gasteiger partial charge in [-0.2, -0.15) is 5.10 Å². The summed E-state index contributed by atoms with van der Waals surface area (Å²) in [7, 11) is 0. The van der Waals surface area contributed by atoms with Gasteiger partial charge in [0.2, 0.25) is 0 Å². The third-order valence-electron chi connectivity index (χ3n) is 4.04. The van der Waals surface area contributed by atoms with Crippen LogP contribution in [0.4, 0.5) is 10.6 Å². The van der Waals surface area contributed by atoms with Gasteiger partial charge >= 0.3 is 6.09 Å². The average Bonchev–Trinajstić information content (AvgIpc) is 2.71. The maximum atomic E-state index is 11.8. The number of rotatable bonds is 5. The SMILES string of the molecule is CC(C)C1CC(NCc2cn[nH]c2NC(=O)OC(C)(C)C)C1. The number of anilines is 1. The van der Waals surface area contributed by atoms with Gasteiger partial charge in [0.1, 0.15) is 11.4 Å². The lowest BCUT2D eigenvalue weighted by Crippen LogP contribution is -2.42. The number of aromatic amines is 1. The molecule has 1 aromatic heterocycles. The maximum absolute atomic E-state index is 11.8. The second kappa shape index (κ2) is 6.69. The Morgan fingerprint density at radius 3 is 2.73 bits per heavy atom. The molecule has 1 aromatic rings. The van der Waals surface area contributed by atoms with Crippen molar-refractivity contribution in [3.63, 3.8) is 0 Å². The molecule has 0 radical (unpaired) electrons. The molecule has 0 saturated heterocycles. The van der Waals surface area contributed by atoms with E-state index in [1.165, 1.54) is 12.8 Å². The molecule has 6 nitrogen and oxygen atoms in total. The molecule has 22 heavy (non-hydrogen) atoms. The number of aromatic nitrogens is 2. The fourth-order valence-electron chi connectivity index (χ4n) is 2.59. The molecule has 1 fully saturated rings. The zero-order valence-corrected chi connectivity index (χ0v) is 14.2. The van der Waals surface area contributed by atoms with Crippen molar-refractivity contribution in [2.75, 3.05) is 5.32 Å². The number of amides is 1. The molecule has 6 heteroatoms. The largest absolute Gasteiger partial charge is 0.444 e. The molecule has 1 amide bonds. The molecule has 0 atom stereocenters. The molecule has 124 valence electrons. The third kappa shape index (κ3) is 4.73. The topological polar surface area (TPSA) is 79.0 Å². The Balaban J connectivity index is 1.79. The maximum Gasteiger partial charge on any atom is 0.413 e. The normalized spacial score (nSPS) is 21.5. The van der Waals surface area contributed by atoms with Crippen LogP contribution in [0, 0.1) is 11.8 Å². The van der Waals surface area contributed by atoms with Crippen molar-refractivity contribution in [2.45, 2.75) is 65.6 Å². The molecule has 0 aromatic carbocycles. The number of H-pyrrole nitrogens is 1. The fourth-order valence-corrected chi connectivity index (χ4v) is 2.59. The van der Waals surface area contributed by atoms with Gasteiger partial charge in [-0.1, -0.05) is 13.8 Å². The minimum atomic E-state index is -0.514. The van der Waals surface area contributed by atoms with Crippen LogP contribution in [-0.4, -0.2) is 27.9 Å². The molecule has 0 unspecified atom stereocenters. The molecule has 1 heterocycles. The van der Waals surface area contributed by atoms with Gasteiger partial charge in [0.15, 0.2) is 0 Å². The van der Waals surface area contributed by atoms with E-state index in [0.29, 0.717) is 18.4 Å². The van der Waals surface area contributed by atoms with Crippen molar-refractivity contribution in [2.24, 2.45) is 11.8 Å². The zero-order valence-electron chi connectivity index (χ0n) is 14.2. The van der Waals surface area contributed by atoms with Gasteiger partial charge in [-0.25, -0.2) is 4.79 Å². The van der Waals surface area contributed by atoms with Gasteiger partial charge < -0.3 is 10.1 Å². The first-order chi connectivity index (χ1) is 10.2. The van der Waals surface area contributed by atoms with E-state index in [4.69, 9.17) is 4.74 Å². The van der Waals surface area contributed by atoms with E-state index in [0.717, 1.165) is 17.4 Å². The lowest BCUT2D eigenvalue weighted by atomic mass is 9.73. The summed E-state index contributed by atoms with van der Waals surface area (Å²) in [5.74, 6) is 2.19. The van der Waals surface area contributed by atoms with Crippen LogP contribution in [0.2, 0.25) is 0 Å². The zero-order chi connectivity index (χ0) is 16.3. The summed E-state index contributed by atoms with van der Waals surface area (Å²) in [6.45, 7) is 10.8.